The van der Waals surface area contributed by atoms with Crippen molar-refractivity contribution in [2.75, 3.05) is 0 Å². The summed E-state index contributed by atoms with van der Waals surface area (Å²) in [4.78, 5) is 3.20. The van der Waals surface area contributed by atoms with Crippen LogP contribution in [0.25, 0.3) is 6.08 Å². The van der Waals surface area contributed by atoms with Crippen molar-refractivity contribution in [2.45, 2.75) is 103 Å². The van der Waals surface area contributed by atoms with Crippen LogP contribution in [0.5, 0.6) is 0 Å². The molecule has 0 fully saturated rings. The van der Waals surface area contributed by atoms with E-state index in [1.165, 1.54) is 102 Å². The van der Waals surface area contributed by atoms with Crippen LogP contribution in [-0.2, 0) is 0 Å². The lowest BCUT2D eigenvalue weighted by molar-refractivity contribution is 0.536. The van der Waals surface area contributed by atoms with E-state index < -0.39 is 0 Å². The standard InChI is InChI=1S/C22H39N/c1-2-3-4-5-6-7-8-9-10-11-12-13-14-15-16-17-19-22-20-18-21-23-22/h17-21,23H,2-16H2,1H3/b19-17+. The molecule has 23 heavy (non-hydrogen) atoms. The van der Waals surface area contributed by atoms with Gasteiger partial charge in [-0.3, -0.25) is 0 Å². The first-order valence-corrected chi connectivity index (χ1v) is 10.2. The molecule has 0 amide bonds. The number of H-pyrrole nitrogens is 1. The highest BCUT2D eigenvalue weighted by molar-refractivity contribution is 5.43. The summed E-state index contributed by atoms with van der Waals surface area (Å²) >= 11 is 0. The predicted molar refractivity (Wildman–Crippen MR) is 105 cm³/mol. The lowest BCUT2D eigenvalue weighted by Crippen LogP contribution is -1.83. The van der Waals surface area contributed by atoms with Crippen LogP contribution in [0.4, 0.5) is 0 Å². The highest BCUT2D eigenvalue weighted by atomic mass is 14.7. The number of hydrogen-bond donors (Lipinski definition) is 1. The van der Waals surface area contributed by atoms with Crippen molar-refractivity contribution in [3.63, 3.8) is 0 Å². The third kappa shape index (κ3) is 13.2. The normalized spacial score (nSPS) is 11.5. The predicted octanol–water partition coefficient (Wildman–Crippen LogP) is 7.90. The van der Waals surface area contributed by atoms with Gasteiger partial charge in [0.15, 0.2) is 0 Å². The molecule has 0 saturated carbocycles. The summed E-state index contributed by atoms with van der Waals surface area (Å²) in [5.41, 5.74) is 1.22. The van der Waals surface area contributed by atoms with Gasteiger partial charge in [0, 0.05) is 11.9 Å². The third-order valence-electron chi connectivity index (χ3n) is 4.64. The quantitative estimate of drug-likeness (QED) is 0.298. The molecule has 1 heteroatoms. The minimum atomic E-state index is 1.22. The molecule has 0 aromatic carbocycles. The van der Waals surface area contributed by atoms with Gasteiger partial charge in [0.05, 0.1) is 0 Å². The number of nitrogens with one attached hydrogen (secondary N) is 1. The van der Waals surface area contributed by atoms with E-state index >= 15 is 0 Å². The summed E-state index contributed by atoms with van der Waals surface area (Å²) in [5.74, 6) is 0. The molecule has 1 nitrogen and oxygen atoms in total. The van der Waals surface area contributed by atoms with E-state index in [9.17, 15) is 0 Å². The van der Waals surface area contributed by atoms with Crippen molar-refractivity contribution in [3.8, 4) is 0 Å². The average molecular weight is 318 g/mol. The van der Waals surface area contributed by atoms with Crippen LogP contribution in [0.15, 0.2) is 24.4 Å². The molecule has 132 valence electrons. The molecule has 0 aliphatic carbocycles. The zero-order chi connectivity index (χ0) is 16.4. The van der Waals surface area contributed by atoms with E-state index in [4.69, 9.17) is 0 Å². The topological polar surface area (TPSA) is 15.8 Å². The molecule has 0 unspecified atom stereocenters. The van der Waals surface area contributed by atoms with Gasteiger partial charge in [-0.25, -0.2) is 0 Å². The molecule has 0 saturated heterocycles. The molecule has 0 aliphatic heterocycles. The van der Waals surface area contributed by atoms with E-state index in [0.717, 1.165) is 0 Å². The first-order chi connectivity index (χ1) is 11.4. The second-order valence-corrected chi connectivity index (χ2v) is 6.91. The first kappa shape index (κ1) is 20.1. The average Bonchev–Trinajstić information content (AvgIpc) is 3.08. The Morgan fingerprint density at radius 1 is 0.739 bits per heavy atom. The molecular weight excluding hydrogens is 278 g/mol. The first-order valence-electron chi connectivity index (χ1n) is 10.2. The van der Waals surface area contributed by atoms with Gasteiger partial charge in [0.2, 0.25) is 0 Å². The van der Waals surface area contributed by atoms with Crippen LogP contribution in [0, 0.1) is 0 Å². The fraction of sp³-hybridized carbons (Fsp3) is 0.727. The highest BCUT2D eigenvalue weighted by Crippen LogP contribution is 2.13. The fourth-order valence-electron chi connectivity index (χ4n) is 3.11. The summed E-state index contributed by atoms with van der Waals surface area (Å²) in [5, 5.41) is 0. The Labute approximate surface area is 145 Å². The zero-order valence-corrected chi connectivity index (χ0v) is 15.5. The van der Waals surface area contributed by atoms with Crippen LogP contribution in [0.2, 0.25) is 0 Å². The molecule has 1 aromatic heterocycles. The van der Waals surface area contributed by atoms with Crippen molar-refractivity contribution in [1.82, 2.24) is 4.98 Å². The summed E-state index contributed by atoms with van der Waals surface area (Å²) in [6.07, 6.45) is 27.8. The van der Waals surface area contributed by atoms with Crippen molar-refractivity contribution in [2.24, 2.45) is 0 Å². The maximum Gasteiger partial charge on any atom is 0.0377 e. The van der Waals surface area contributed by atoms with Gasteiger partial charge < -0.3 is 4.98 Å². The summed E-state index contributed by atoms with van der Waals surface area (Å²) in [6.45, 7) is 2.29. The van der Waals surface area contributed by atoms with Crippen molar-refractivity contribution >= 4 is 6.08 Å². The number of aromatic amines is 1. The van der Waals surface area contributed by atoms with E-state index in [0.29, 0.717) is 0 Å². The fourth-order valence-corrected chi connectivity index (χ4v) is 3.11. The largest absolute Gasteiger partial charge is 0.362 e. The number of aromatic nitrogens is 1. The summed E-state index contributed by atoms with van der Waals surface area (Å²) in [6, 6.07) is 4.16. The second kappa shape index (κ2) is 15.9. The van der Waals surface area contributed by atoms with Gasteiger partial charge in [-0.15, -0.1) is 0 Å². The Morgan fingerprint density at radius 2 is 1.26 bits per heavy atom. The van der Waals surface area contributed by atoms with Crippen molar-refractivity contribution in [1.29, 1.82) is 0 Å². The van der Waals surface area contributed by atoms with Crippen LogP contribution in [0.3, 0.4) is 0 Å². The highest BCUT2D eigenvalue weighted by Gasteiger charge is 1.93. The molecule has 1 heterocycles. The summed E-state index contributed by atoms with van der Waals surface area (Å²) < 4.78 is 0. The third-order valence-corrected chi connectivity index (χ3v) is 4.64. The van der Waals surface area contributed by atoms with Crippen molar-refractivity contribution in [3.05, 3.63) is 30.1 Å². The SMILES string of the molecule is CCCCCCCCCCCCCCCC/C=C/c1ccc[nH]1. The Morgan fingerprint density at radius 3 is 1.74 bits per heavy atom. The molecule has 1 aromatic rings. The molecule has 1 N–H and O–H groups in total. The molecular formula is C22H39N. The van der Waals surface area contributed by atoms with Crippen LogP contribution >= 0.6 is 0 Å². The maximum atomic E-state index is 3.20. The van der Waals surface area contributed by atoms with E-state index in [-0.39, 0.29) is 0 Å². The Kier molecular flexibility index (Phi) is 13.9. The number of allylic oxidation sites excluding steroid dienone is 1. The van der Waals surface area contributed by atoms with Gasteiger partial charge in [0.25, 0.3) is 0 Å². The number of unbranched alkanes of at least 4 members (excludes halogenated alkanes) is 14. The Balaban J connectivity index is 1.71. The lowest BCUT2D eigenvalue weighted by Gasteiger charge is -2.02. The minimum absolute atomic E-state index is 1.22. The Hall–Kier alpha value is -0.980. The Bertz CT molecular complexity index is 350. The van der Waals surface area contributed by atoms with Crippen LogP contribution in [0.1, 0.15) is 109 Å². The van der Waals surface area contributed by atoms with Crippen molar-refractivity contribution < 1.29 is 0 Å². The van der Waals surface area contributed by atoms with Gasteiger partial charge in [-0.1, -0.05) is 96.5 Å². The van der Waals surface area contributed by atoms with Gasteiger partial charge >= 0.3 is 0 Å². The van der Waals surface area contributed by atoms with Gasteiger partial charge in [-0.2, -0.15) is 0 Å². The molecule has 0 aliphatic rings. The van der Waals surface area contributed by atoms with Crippen LogP contribution in [-0.4, -0.2) is 4.98 Å². The molecule has 0 atom stereocenters. The second-order valence-electron chi connectivity index (χ2n) is 6.91. The molecule has 1 rings (SSSR count). The minimum Gasteiger partial charge on any atom is -0.362 e. The lowest BCUT2D eigenvalue weighted by atomic mass is 10.0. The van der Waals surface area contributed by atoms with E-state index in [2.05, 4.69) is 30.1 Å². The zero-order valence-electron chi connectivity index (χ0n) is 15.5. The molecule has 0 spiro atoms. The number of rotatable bonds is 16. The molecule has 0 bridgehead atoms. The molecule has 0 radical (unpaired) electrons. The van der Waals surface area contributed by atoms with Gasteiger partial charge in [0.1, 0.15) is 0 Å². The van der Waals surface area contributed by atoms with E-state index in [1.54, 1.807) is 0 Å². The number of hydrogen-bond acceptors (Lipinski definition) is 0. The van der Waals surface area contributed by atoms with E-state index in [1.807, 2.05) is 12.3 Å². The van der Waals surface area contributed by atoms with Crippen LogP contribution < -0.4 is 0 Å². The maximum absolute atomic E-state index is 3.20. The smallest absolute Gasteiger partial charge is 0.0377 e. The summed E-state index contributed by atoms with van der Waals surface area (Å²) in [7, 11) is 0. The monoisotopic (exact) mass is 317 g/mol. The van der Waals surface area contributed by atoms with Gasteiger partial charge in [-0.05, 0) is 31.1 Å².